The summed E-state index contributed by atoms with van der Waals surface area (Å²) in [7, 11) is -3.89. The largest absolute Gasteiger partial charge is 0.444 e. The summed E-state index contributed by atoms with van der Waals surface area (Å²) >= 11 is 8.06. The SMILES string of the molecule is CCS(=O)(=O)c1nc(NCc2cc(C)[nH]n2)c2c3c(c(-c4ccc(F)c5sc(NC(=O)OC(C)(C)C)c(C#N)c45)c(Cl)c2n1)COC3. The van der Waals surface area contributed by atoms with Crippen molar-refractivity contribution in [3.8, 4) is 17.2 Å². The number of thiophene rings is 1. The van der Waals surface area contributed by atoms with Crippen LogP contribution in [0.3, 0.4) is 0 Å². The van der Waals surface area contributed by atoms with Crippen molar-refractivity contribution in [3.05, 3.63) is 57.1 Å². The molecule has 47 heavy (non-hydrogen) atoms. The van der Waals surface area contributed by atoms with E-state index in [1.54, 1.807) is 20.8 Å². The molecule has 0 saturated heterocycles. The van der Waals surface area contributed by atoms with Gasteiger partial charge in [0, 0.05) is 16.6 Å². The lowest BCUT2D eigenvalue weighted by Gasteiger charge is -2.19. The average Bonchev–Trinajstić information content (AvgIpc) is 3.74. The van der Waals surface area contributed by atoms with Gasteiger partial charge in [0.2, 0.25) is 15.0 Å². The van der Waals surface area contributed by atoms with Gasteiger partial charge in [-0.15, -0.1) is 11.3 Å². The van der Waals surface area contributed by atoms with E-state index in [4.69, 9.17) is 21.1 Å². The van der Waals surface area contributed by atoms with E-state index in [-0.39, 0.29) is 62.5 Å². The molecule has 16 heteroatoms. The van der Waals surface area contributed by atoms with Crippen molar-refractivity contribution < 1.29 is 27.1 Å². The van der Waals surface area contributed by atoms with E-state index in [0.717, 1.165) is 17.0 Å². The second-order valence-electron chi connectivity index (χ2n) is 11.9. The molecule has 2 aromatic carbocycles. The van der Waals surface area contributed by atoms with Crippen LogP contribution in [0.5, 0.6) is 0 Å². The van der Waals surface area contributed by atoms with Crippen molar-refractivity contribution in [1.29, 1.82) is 5.26 Å². The molecule has 1 amide bonds. The van der Waals surface area contributed by atoms with Crippen LogP contribution in [0.25, 0.3) is 32.1 Å². The first-order chi connectivity index (χ1) is 22.2. The van der Waals surface area contributed by atoms with Gasteiger partial charge >= 0.3 is 6.09 Å². The molecule has 244 valence electrons. The molecule has 0 aliphatic carbocycles. The zero-order chi connectivity index (χ0) is 33.8. The Morgan fingerprint density at radius 2 is 1.98 bits per heavy atom. The van der Waals surface area contributed by atoms with Gasteiger partial charge in [-0.05, 0) is 56.5 Å². The van der Waals surface area contributed by atoms with Gasteiger partial charge in [0.05, 0.1) is 57.4 Å². The second-order valence-corrected chi connectivity index (χ2v) is 15.4. The van der Waals surface area contributed by atoms with Gasteiger partial charge in [0.25, 0.3) is 0 Å². The van der Waals surface area contributed by atoms with E-state index < -0.39 is 32.5 Å². The maximum absolute atomic E-state index is 15.3. The number of anilines is 2. The van der Waals surface area contributed by atoms with E-state index in [2.05, 4.69) is 36.9 Å². The Bertz CT molecular complexity index is 2250. The summed E-state index contributed by atoms with van der Waals surface area (Å²) in [5.74, 6) is -0.619. The molecule has 1 aliphatic heterocycles. The van der Waals surface area contributed by atoms with Crippen LogP contribution in [-0.4, -0.2) is 46.0 Å². The molecule has 0 saturated carbocycles. The number of sulfone groups is 1. The van der Waals surface area contributed by atoms with Crippen LogP contribution in [-0.2, 0) is 39.1 Å². The number of halogens is 2. The molecule has 0 radical (unpaired) electrons. The molecule has 12 nitrogen and oxygen atoms in total. The van der Waals surface area contributed by atoms with Gasteiger partial charge in [0.1, 0.15) is 28.3 Å². The highest BCUT2D eigenvalue weighted by Gasteiger charge is 2.31. The Kier molecular flexibility index (Phi) is 8.33. The van der Waals surface area contributed by atoms with Gasteiger partial charge in [-0.25, -0.2) is 27.6 Å². The Labute approximate surface area is 278 Å². The normalized spacial score (nSPS) is 13.1. The number of hydrogen-bond donors (Lipinski definition) is 3. The third-order valence-electron chi connectivity index (χ3n) is 7.42. The fraction of sp³-hybridized carbons (Fsp3) is 0.323. The number of nitriles is 1. The zero-order valence-corrected chi connectivity index (χ0v) is 28.4. The lowest BCUT2D eigenvalue weighted by molar-refractivity contribution is 0.0636. The second kappa shape index (κ2) is 12.0. The number of rotatable bonds is 7. The van der Waals surface area contributed by atoms with Crippen molar-refractivity contribution in [1.82, 2.24) is 20.2 Å². The number of aromatic amines is 1. The molecule has 0 fully saturated rings. The van der Waals surface area contributed by atoms with Crippen molar-refractivity contribution in [2.75, 3.05) is 16.4 Å². The van der Waals surface area contributed by atoms with Crippen LogP contribution >= 0.6 is 22.9 Å². The maximum atomic E-state index is 15.3. The number of fused-ring (bicyclic) bond motifs is 4. The number of nitrogens with one attached hydrogen (secondary N) is 3. The summed E-state index contributed by atoms with van der Waals surface area (Å²) in [5, 5.41) is 23.6. The quantitative estimate of drug-likeness (QED) is 0.151. The van der Waals surface area contributed by atoms with Crippen LogP contribution in [0.2, 0.25) is 5.02 Å². The summed E-state index contributed by atoms with van der Waals surface area (Å²) in [6.07, 6.45) is -0.799. The Hall–Kier alpha value is -4.36. The third-order valence-corrected chi connectivity index (χ3v) is 10.4. The molecule has 6 rings (SSSR count). The lowest BCUT2D eigenvalue weighted by Crippen LogP contribution is -2.27. The molecule has 4 heterocycles. The smallest absolute Gasteiger partial charge is 0.412 e. The van der Waals surface area contributed by atoms with Crippen molar-refractivity contribution >= 4 is 70.7 Å². The van der Waals surface area contributed by atoms with Crippen LogP contribution in [0.1, 0.15) is 55.8 Å². The molecule has 0 atom stereocenters. The van der Waals surface area contributed by atoms with Crippen LogP contribution < -0.4 is 10.6 Å². The number of aromatic nitrogens is 4. The number of H-pyrrole nitrogens is 1. The number of hydrogen-bond acceptors (Lipinski definition) is 11. The number of ether oxygens (including phenoxy) is 2. The van der Waals surface area contributed by atoms with E-state index in [1.165, 1.54) is 19.1 Å². The van der Waals surface area contributed by atoms with Gasteiger partial charge in [-0.1, -0.05) is 24.6 Å². The van der Waals surface area contributed by atoms with Crippen LogP contribution in [0.4, 0.5) is 20.0 Å². The Balaban J connectivity index is 1.61. The average molecular weight is 698 g/mol. The fourth-order valence-corrected chi connectivity index (χ4v) is 7.54. The van der Waals surface area contributed by atoms with Gasteiger partial charge < -0.3 is 14.8 Å². The van der Waals surface area contributed by atoms with Crippen LogP contribution in [0.15, 0.2) is 23.4 Å². The topological polar surface area (TPSA) is 172 Å². The number of aryl methyl sites for hydroxylation is 1. The molecular formula is C31H29ClFN7O5S2. The first kappa shape index (κ1) is 32.6. The number of amides is 1. The maximum Gasteiger partial charge on any atom is 0.412 e. The highest BCUT2D eigenvalue weighted by atomic mass is 35.5. The minimum absolute atomic E-state index is 0.0165. The minimum Gasteiger partial charge on any atom is -0.444 e. The molecule has 3 aromatic heterocycles. The van der Waals surface area contributed by atoms with E-state index >= 15 is 4.39 Å². The first-order valence-electron chi connectivity index (χ1n) is 14.5. The predicted molar refractivity (Wildman–Crippen MR) is 177 cm³/mol. The van der Waals surface area contributed by atoms with Gasteiger partial charge in [-0.3, -0.25) is 10.4 Å². The van der Waals surface area contributed by atoms with Gasteiger partial charge in [-0.2, -0.15) is 10.4 Å². The van der Waals surface area contributed by atoms with Crippen LogP contribution in [0, 0.1) is 24.1 Å². The number of nitrogens with zero attached hydrogens (tertiary/aromatic N) is 4. The molecule has 0 bridgehead atoms. The van der Waals surface area contributed by atoms with E-state index in [1.807, 2.05) is 13.0 Å². The highest BCUT2D eigenvalue weighted by molar-refractivity contribution is 7.91. The zero-order valence-electron chi connectivity index (χ0n) is 26.0. The fourth-order valence-electron chi connectivity index (χ4n) is 5.40. The predicted octanol–water partition coefficient (Wildman–Crippen LogP) is 6.99. The highest BCUT2D eigenvalue weighted by Crippen LogP contribution is 2.49. The van der Waals surface area contributed by atoms with E-state index in [9.17, 15) is 18.5 Å². The third kappa shape index (κ3) is 5.98. The summed E-state index contributed by atoms with van der Waals surface area (Å²) in [6.45, 7) is 8.94. The first-order valence-corrected chi connectivity index (χ1v) is 17.3. The number of carbonyl (C=O) groups is 1. The minimum atomic E-state index is -3.89. The molecule has 1 aliphatic rings. The number of benzene rings is 2. The van der Waals surface area contributed by atoms with E-state index in [0.29, 0.717) is 33.3 Å². The van der Waals surface area contributed by atoms with Gasteiger partial charge in [0.15, 0.2) is 0 Å². The summed E-state index contributed by atoms with van der Waals surface area (Å²) < 4.78 is 52.9. The van der Waals surface area contributed by atoms with Crippen molar-refractivity contribution in [3.63, 3.8) is 0 Å². The molecule has 0 unspecified atom stereocenters. The Morgan fingerprint density at radius 1 is 1.23 bits per heavy atom. The molecule has 3 N–H and O–H groups in total. The number of carbonyl (C=O) groups excluding carboxylic acids is 1. The molecule has 5 aromatic rings. The van der Waals surface area contributed by atoms with Crippen molar-refractivity contribution in [2.24, 2.45) is 0 Å². The van der Waals surface area contributed by atoms with Crippen molar-refractivity contribution in [2.45, 2.75) is 65.1 Å². The summed E-state index contributed by atoms with van der Waals surface area (Å²) in [5.41, 5.74) is 3.00. The Morgan fingerprint density at radius 3 is 2.64 bits per heavy atom. The lowest BCUT2D eigenvalue weighted by atomic mass is 9.91. The summed E-state index contributed by atoms with van der Waals surface area (Å²) in [6, 6.07) is 6.70. The summed E-state index contributed by atoms with van der Waals surface area (Å²) in [4.78, 5) is 21.5. The molecular weight excluding hydrogens is 669 g/mol. The monoisotopic (exact) mass is 697 g/mol. The molecule has 0 spiro atoms. The standard InChI is InChI=1S/C31H29ClFN7O5S2/c1-6-47(42,43)29-36-25-23(27(37-29)35-11-15-9-14(2)39-40-15)19-13-44-12-18(19)21(24(25)32)16-7-8-20(33)26-22(16)17(10-34)28(46-26)38-30(41)45-31(3,4)5/h7-9H,6,11-13H2,1-5H3,(H,38,41)(H,39,40)(H,35,36,37).